The molecule has 0 radical (unpaired) electrons. The van der Waals surface area contributed by atoms with E-state index in [1.807, 2.05) is 0 Å². The van der Waals surface area contributed by atoms with E-state index in [2.05, 4.69) is 74.7 Å². The van der Waals surface area contributed by atoms with Gasteiger partial charge in [-0.2, -0.15) is 0 Å². The molecule has 3 atom stereocenters. The third-order valence-corrected chi connectivity index (χ3v) is 13.4. The Hall–Kier alpha value is -2.18. The lowest BCUT2D eigenvalue weighted by atomic mass is 10.0. The van der Waals surface area contributed by atoms with Crippen LogP contribution >= 0.6 is 0 Å². The Morgan fingerprint density at radius 2 is 0.806 bits per heavy atom. The van der Waals surface area contributed by atoms with Crippen LogP contribution in [0.3, 0.4) is 0 Å². The van der Waals surface area contributed by atoms with Crippen LogP contribution in [0.2, 0.25) is 0 Å². The minimum absolute atomic E-state index is 0.0578. The van der Waals surface area contributed by atoms with Gasteiger partial charge in [0.15, 0.2) is 0 Å². The SMILES string of the molecule is CCCCC/C=C\C/C=C\CCCCCCCCCC(=O)OC(CCCCC/C=C/C=C/CCCCCCCCC)CC(=O)NC(CO)C(O)CCCCCCCCCCCCCCCCC. The second-order valence-electron chi connectivity index (χ2n) is 20.1. The van der Waals surface area contributed by atoms with Crippen LogP contribution in [0.5, 0.6) is 0 Å². The van der Waals surface area contributed by atoms with Gasteiger partial charge in [0.1, 0.15) is 6.10 Å². The average Bonchev–Trinajstić information content (AvgIpc) is 3.32. The normalized spacial score (nSPS) is 13.4. The number of hydrogen-bond donors (Lipinski definition) is 3. The zero-order valence-electron chi connectivity index (χ0n) is 44.8. The van der Waals surface area contributed by atoms with Crippen LogP contribution in [-0.4, -0.2) is 46.9 Å². The van der Waals surface area contributed by atoms with E-state index in [1.54, 1.807) is 0 Å². The number of unbranched alkanes of at least 4 members (excludes halogenated alkanes) is 34. The first-order valence-electron chi connectivity index (χ1n) is 29.4. The number of nitrogens with one attached hydrogen (secondary N) is 1. The van der Waals surface area contributed by atoms with Crippen molar-refractivity contribution in [1.82, 2.24) is 5.32 Å². The molecule has 0 saturated heterocycles. The quantitative estimate of drug-likeness (QED) is 0.0244. The fourth-order valence-corrected chi connectivity index (χ4v) is 8.92. The van der Waals surface area contributed by atoms with Crippen molar-refractivity contribution in [1.29, 1.82) is 0 Å². The van der Waals surface area contributed by atoms with Gasteiger partial charge >= 0.3 is 5.97 Å². The van der Waals surface area contributed by atoms with E-state index in [0.29, 0.717) is 19.3 Å². The Morgan fingerprint density at radius 3 is 1.27 bits per heavy atom. The molecule has 3 unspecified atom stereocenters. The van der Waals surface area contributed by atoms with E-state index in [0.717, 1.165) is 83.5 Å². The van der Waals surface area contributed by atoms with Crippen molar-refractivity contribution in [2.45, 2.75) is 322 Å². The van der Waals surface area contributed by atoms with E-state index >= 15 is 0 Å². The molecule has 0 rings (SSSR count). The first-order valence-corrected chi connectivity index (χ1v) is 29.4. The van der Waals surface area contributed by atoms with Gasteiger partial charge in [-0.05, 0) is 83.5 Å². The Labute approximate surface area is 416 Å². The van der Waals surface area contributed by atoms with Crippen LogP contribution in [0, 0.1) is 0 Å². The Bertz CT molecular complexity index is 1150. The Kier molecular flexibility index (Phi) is 53.0. The van der Waals surface area contributed by atoms with E-state index < -0.39 is 18.2 Å². The summed E-state index contributed by atoms with van der Waals surface area (Å²) in [6.07, 6.45) is 67.4. The molecule has 6 nitrogen and oxygen atoms in total. The van der Waals surface area contributed by atoms with Crippen molar-refractivity contribution < 1.29 is 24.5 Å². The first-order chi connectivity index (χ1) is 33.0. The number of ether oxygens (including phenoxy) is 1. The molecule has 6 heteroatoms. The van der Waals surface area contributed by atoms with Gasteiger partial charge in [-0.1, -0.05) is 256 Å². The second kappa shape index (κ2) is 54.8. The molecule has 0 aromatic carbocycles. The molecule has 0 saturated carbocycles. The predicted octanol–water partition coefficient (Wildman–Crippen LogP) is 18.2. The van der Waals surface area contributed by atoms with Gasteiger partial charge < -0.3 is 20.3 Å². The molecule has 0 spiro atoms. The van der Waals surface area contributed by atoms with Crippen molar-refractivity contribution in [3.8, 4) is 0 Å². The highest BCUT2D eigenvalue weighted by Crippen LogP contribution is 2.18. The minimum Gasteiger partial charge on any atom is -0.462 e. The molecule has 3 N–H and O–H groups in total. The number of allylic oxidation sites excluding steroid dienone is 8. The van der Waals surface area contributed by atoms with Gasteiger partial charge in [0, 0.05) is 6.42 Å². The lowest BCUT2D eigenvalue weighted by Crippen LogP contribution is -2.46. The van der Waals surface area contributed by atoms with Gasteiger partial charge in [0.2, 0.25) is 5.91 Å². The van der Waals surface area contributed by atoms with Crippen molar-refractivity contribution in [2.24, 2.45) is 0 Å². The van der Waals surface area contributed by atoms with Gasteiger partial charge in [0.05, 0.1) is 25.2 Å². The third kappa shape index (κ3) is 50.0. The molecular weight excluding hydrogens is 827 g/mol. The zero-order chi connectivity index (χ0) is 48.8. The van der Waals surface area contributed by atoms with E-state index in [1.165, 1.54) is 173 Å². The number of esters is 1. The molecule has 67 heavy (non-hydrogen) atoms. The zero-order valence-corrected chi connectivity index (χ0v) is 44.8. The number of rotatable bonds is 53. The number of amides is 1. The van der Waals surface area contributed by atoms with Crippen molar-refractivity contribution >= 4 is 11.9 Å². The number of carbonyl (C=O) groups excluding carboxylic acids is 2. The molecule has 0 aliphatic heterocycles. The summed E-state index contributed by atoms with van der Waals surface area (Å²) in [5.74, 6) is -0.498. The molecule has 0 aliphatic rings. The van der Waals surface area contributed by atoms with E-state index in [9.17, 15) is 19.8 Å². The maximum Gasteiger partial charge on any atom is 0.306 e. The molecule has 0 heterocycles. The fourth-order valence-electron chi connectivity index (χ4n) is 8.92. The highest BCUT2D eigenvalue weighted by molar-refractivity contribution is 5.77. The molecule has 392 valence electrons. The van der Waals surface area contributed by atoms with Gasteiger partial charge in [0.25, 0.3) is 0 Å². The van der Waals surface area contributed by atoms with E-state index in [4.69, 9.17) is 4.74 Å². The number of carbonyl (C=O) groups is 2. The maximum atomic E-state index is 13.3. The number of aliphatic hydroxyl groups is 2. The molecule has 0 aliphatic carbocycles. The minimum atomic E-state index is -0.797. The highest BCUT2D eigenvalue weighted by atomic mass is 16.5. The summed E-state index contributed by atoms with van der Waals surface area (Å²) < 4.78 is 5.95. The van der Waals surface area contributed by atoms with Crippen LogP contribution in [0.1, 0.15) is 303 Å². The van der Waals surface area contributed by atoms with Crippen LogP contribution in [0.4, 0.5) is 0 Å². The highest BCUT2D eigenvalue weighted by Gasteiger charge is 2.24. The maximum absolute atomic E-state index is 13.3. The lowest BCUT2D eigenvalue weighted by Gasteiger charge is -2.24. The van der Waals surface area contributed by atoms with Crippen LogP contribution in [0.25, 0.3) is 0 Å². The summed E-state index contributed by atoms with van der Waals surface area (Å²) in [7, 11) is 0. The monoisotopic (exact) mass is 940 g/mol. The molecular formula is C61H113NO5. The van der Waals surface area contributed by atoms with Crippen LogP contribution in [-0.2, 0) is 14.3 Å². The Morgan fingerprint density at radius 1 is 0.448 bits per heavy atom. The predicted molar refractivity (Wildman–Crippen MR) is 292 cm³/mol. The molecule has 0 aromatic rings. The third-order valence-electron chi connectivity index (χ3n) is 13.4. The van der Waals surface area contributed by atoms with Crippen molar-refractivity contribution in [2.75, 3.05) is 6.61 Å². The number of hydrogen-bond acceptors (Lipinski definition) is 5. The van der Waals surface area contributed by atoms with Gasteiger partial charge in [-0.3, -0.25) is 9.59 Å². The van der Waals surface area contributed by atoms with Crippen molar-refractivity contribution in [3.63, 3.8) is 0 Å². The smallest absolute Gasteiger partial charge is 0.306 e. The van der Waals surface area contributed by atoms with E-state index in [-0.39, 0.29) is 24.9 Å². The average molecular weight is 941 g/mol. The Balaban J connectivity index is 4.60. The fraction of sp³-hybridized carbons (Fsp3) is 0.836. The topological polar surface area (TPSA) is 95.9 Å². The molecule has 0 fully saturated rings. The van der Waals surface area contributed by atoms with Crippen LogP contribution < -0.4 is 5.32 Å². The summed E-state index contributed by atoms with van der Waals surface area (Å²) in [6.45, 7) is 6.48. The van der Waals surface area contributed by atoms with Crippen LogP contribution in [0.15, 0.2) is 48.6 Å². The second-order valence-corrected chi connectivity index (χ2v) is 20.1. The summed E-state index contributed by atoms with van der Waals surface area (Å²) >= 11 is 0. The van der Waals surface area contributed by atoms with Gasteiger partial charge in [-0.15, -0.1) is 0 Å². The summed E-state index contributed by atoms with van der Waals surface area (Å²) in [5, 5.41) is 23.9. The molecule has 1 amide bonds. The van der Waals surface area contributed by atoms with Crippen molar-refractivity contribution in [3.05, 3.63) is 48.6 Å². The molecule has 0 bridgehead atoms. The summed E-state index contributed by atoms with van der Waals surface area (Å²) in [4.78, 5) is 26.3. The lowest BCUT2D eigenvalue weighted by molar-refractivity contribution is -0.151. The summed E-state index contributed by atoms with van der Waals surface area (Å²) in [6, 6.07) is -0.712. The van der Waals surface area contributed by atoms with Gasteiger partial charge in [-0.25, -0.2) is 0 Å². The number of aliphatic hydroxyl groups excluding tert-OH is 2. The largest absolute Gasteiger partial charge is 0.462 e. The first kappa shape index (κ1) is 64.8. The standard InChI is InChI=1S/C61H113NO5/c1-4-7-10-13-16-19-22-25-28-30-33-36-39-42-45-48-51-54-61(66)67-57(52-49-46-43-40-37-34-32-29-26-23-20-17-14-11-8-5-2)55-60(65)62-58(56-63)59(64)53-50-47-44-41-38-35-31-27-24-21-18-15-12-9-6-3/h16,19,25,28-29,32,34,37,57-59,63-64H,4-15,17-18,20-24,26-27,30-31,33,35-36,38-56H2,1-3H3,(H,62,65)/b19-16-,28-25-,32-29+,37-34+. The summed E-state index contributed by atoms with van der Waals surface area (Å²) in [5.41, 5.74) is 0. The molecule has 0 aromatic heterocycles.